The molecule has 0 spiro atoms. The minimum Gasteiger partial charge on any atom is -0.454 e. The maximum Gasteiger partial charge on any atom is 0.231 e. The van der Waals surface area contributed by atoms with Crippen molar-refractivity contribution in [2.75, 3.05) is 6.79 Å². The summed E-state index contributed by atoms with van der Waals surface area (Å²) in [5.41, 5.74) is 2.07. The zero-order valence-corrected chi connectivity index (χ0v) is 11.3. The van der Waals surface area contributed by atoms with Gasteiger partial charge in [0.1, 0.15) is 0 Å². The van der Waals surface area contributed by atoms with Gasteiger partial charge in [-0.3, -0.25) is 4.68 Å². The van der Waals surface area contributed by atoms with Gasteiger partial charge in [-0.15, -0.1) is 0 Å². The molecule has 0 saturated carbocycles. The van der Waals surface area contributed by atoms with E-state index in [2.05, 4.69) is 10.4 Å². The molecule has 0 atom stereocenters. The maximum absolute atomic E-state index is 6.13. The summed E-state index contributed by atoms with van der Waals surface area (Å²) in [6, 6.07) is 5.82. The average molecular weight is 280 g/mol. The largest absolute Gasteiger partial charge is 0.454 e. The fraction of sp³-hybridized carbons (Fsp3) is 0.308. The number of hydrogen-bond acceptors (Lipinski definition) is 4. The van der Waals surface area contributed by atoms with Crippen molar-refractivity contribution in [3.8, 4) is 11.5 Å². The Labute approximate surface area is 116 Å². The number of nitrogens with one attached hydrogen (secondary N) is 1. The predicted molar refractivity (Wildman–Crippen MR) is 71.3 cm³/mol. The highest BCUT2D eigenvalue weighted by atomic mass is 35.5. The predicted octanol–water partition coefficient (Wildman–Crippen LogP) is 2.09. The molecule has 6 heteroatoms. The van der Waals surface area contributed by atoms with Crippen LogP contribution in [-0.4, -0.2) is 16.6 Å². The third kappa shape index (κ3) is 2.67. The molecule has 100 valence electrons. The van der Waals surface area contributed by atoms with Crippen LogP contribution in [0.15, 0.2) is 24.4 Å². The van der Waals surface area contributed by atoms with Crippen molar-refractivity contribution in [3.63, 3.8) is 0 Å². The zero-order chi connectivity index (χ0) is 13.2. The average Bonchev–Trinajstić information content (AvgIpc) is 2.98. The second-order valence-corrected chi connectivity index (χ2v) is 4.80. The van der Waals surface area contributed by atoms with E-state index in [1.54, 1.807) is 4.68 Å². The van der Waals surface area contributed by atoms with Crippen LogP contribution in [0.1, 0.15) is 11.3 Å². The van der Waals surface area contributed by atoms with Crippen LogP contribution in [0.4, 0.5) is 0 Å². The summed E-state index contributed by atoms with van der Waals surface area (Å²) in [5.74, 6) is 1.34. The summed E-state index contributed by atoms with van der Waals surface area (Å²) in [6.45, 7) is 1.65. The van der Waals surface area contributed by atoms with E-state index in [1.165, 1.54) is 0 Å². The molecule has 0 radical (unpaired) electrons. The third-order valence-electron chi connectivity index (χ3n) is 2.89. The number of hydrogen-bond donors (Lipinski definition) is 1. The molecule has 0 bridgehead atoms. The Morgan fingerprint density at radius 3 is 3.05 bits per heavy atom. The number of fused-ring (bicyclic) bond motifs is 1. The molecule has 5 nitrogen and oxygen atoms in total. The first-order valence-electron chi connectivity index (χ1n) is 5.99. The van der Waals surface area contributed by atoms with Gasteiger partial charge >= 0.3 is 0 Å². The van der Waals surface area contributed by atoms with Crippen LogP contribution in [0.2, 0.25) is 5.02 Å². The molecule has 1 aromatic carbocycles. The lowest BCUT2D eigenvalue weighted by molar-refractivity contribution is 0.174. The summed E-state index contributed by atoms with van der Waals surface area (Å²) >= 11 is 6.13. The second kappa shape index (κ2) is 5.11. The highest BCUT2D eigenvalue weighted by Gasteiger charge is 2.17. The summed E-state index contributed by atoms with van der Waals surface area (Å²) < 4.78 is 12.4. The molecule has 19 heavy (non-hydrogen) atoms. The number of halogens is 1. The van der Waals surface area contributed by atoms with Crippen molar-refractivity contribution in [1.82, 2.24) is 15.1 Å². The van der Waals surface area contributed by atoms with Crippen molar-refractivity contribution in [2.45, 2.75) is 13.1 Å². The summed E-state index contributed by atoms with van der Waals surface area (Å²) in [7, 11) is 1.90. The summed E-state index contributed by atoms with van der Waals surface area (Å²) in [4.78, 5) is 0. The molecule has 3 rings (SSSR count). The van der Waals surface area contributed by atoms with Gasteiger partial charge < -0.3 is 14.8 Å². The molecule has 0 aliphatic carbocycles. The monoisotopic (exact) mass is 279 g/mol. The summed E-state index contributed by atoms with van der Waals surface area (Å²) in [6.07, 6.45) is 1.93. The van der Waals surface area contributed by atoms with E-state index in [-0.39, 0.29) is 6.79 Å². The molecule has 0 saturated heterocycles. The van der Waals surface area contributed by atoms with Crippen LogP contribution >= 0.6 is 11.6 Å². The summed E-state index contributed by atoms with van der Waals surface area (Å²) in [5, 5.41) is 8.21. The Morgan fingerprint density at radius 1 is 1.37 bits per heavy atom. The highest BCUT2D eigenvalue weighted by molar-refractivity contribution is 6.32. The van der Waals surface area contributed by atoms with Gasteiger partial charge in [-0.25, -0.2) is 0 Å². The van der Waals surface area contributed by atoms with Crippen LogP contribution in [0, 0.1) is 0 Å². The zero-order valence-electron chi connectivity index (χ0n) is 10.5. The van der Waals surface area contributed by atoms with Gasteiger partial charge in [0.05, 0.1) is 10.7 Å². The smallest absolute Gasteiger partial charge is 0.231 e. The standard InChI is InChI=1S/C13H14ClN3O2/c1-17-3-2-10(16-17)7-15-6-9-4-11(14)13-12(5-9)18-8-19-13/h2-5,15H,6-8H2,1H3. The lowest BCUT2D eigenvalue weighted by Gasteiger charge is -2.06. The van der Waals surface area contributed by atoms with Crippen molar-refractivity contribution in [1.29, 1.82) is 0 Å². The van der Waals surface area contributed by atoms with Gasteiger partial charge in [-0.1, -0.05) is 11.6 Å². The quantitative estimate of drug-likeness (QED) is 0.931. The molecule has 2 aromatic rings. The molecule has 2 heterocycles. The van der Waals surface area contributed by atoms with E-state index in [0.717, 1.165) is 11.3 Å². The van der Waals surface area contributed by atoms with E-state index < -0.39 is 0 Å². The Morgan fingerprint density at radius 2 is 2.26 bits per heavy atom. The first-order chi connectivity index (χ1) is 9.22. The molecule has 1 aliphatic rings. The van der Waals surface area contributed by atoms with Crippen molar-refractivity contribution >= 4 is 11.6 Å². The Balaban J connectivity index is 1.63. The van der Waals surface area contributed by atoms with Crippen LogP contribution in [-0.2, 0) is 20.1 Å². The number of rotatable bonds is 4. The third-order valence-corrected chi connectivity index (χ3v) is 3.17. The fourth-order valence-electron chi connectivity index (χ4n) is 2.02. The van der Waals surface area contributed by atoms with Gasteiger partial charge in [-0.05, 0) is 23.8 Å². The van der Waals surface area contributed by atoms with E-state index in [1.807, 2.05) is 31.4 Å². The fourth-order valence-corrected chi connectivity index (χ4v) is 2.30. The molecule has 1 aliphatic heterocycles. The number of aryl methyl sites for hydroxylation is 1. The van der Waals surface area contributed by atoms with Gasteiger partial charge in [0.2, 0.25) is 6.79 Å². The highest BCUT2D eigenvalue weighted by Crippen LogP contribution is 2.39. The van der Waals surface area contributed by atoms with E-state index >= 15 is 0 Å². The van der Waals surface area contributed by atoms with Crippen molar-refractivity contribution in [3.05, 3.63) is 40.7 Å². The van der Waals surface area contributed by atoms with Gasteiger partial charge in [0, 0.05) is 26.3 Å². The van der Waals surface area contributed by atoms with Crippen molar-refractivity contribution < 1.29 is 9.47 Å². The molecular formula is C13H14ClN3O2. The normalized spacial score (nSPS) is 12.9. The van der Waals surface area contributed by atoms with E-state index in [4.69, 9.17) is 21.1 Å². The minimum absolute atomic E-state index is 0.236. The molecule has 0 amide bonds. The van der Waals surface area contributed by atoms with Crippen LogP contribution in [0.25, 0.3) is 0 Å². The van der Waals surface area contributed by atoms with Crippen molar-refractivity contribution in [2.24, 2.45) is 7.05 Å². The van der Waals surface area contributed by atoms with Gasteiger partial charge in [0.15, 0.2) is 11.5 Å². The lowest BCUT2D eigenvalue weighted by atomic mass is 10.2. The lowest BCUT2D eigenvalue weighted by Crippen LogP contribution is -2.13. The Bertz CT molecular complexity index is 598. The number of ether oxygens (including phenoxy) is 2. The van der Waals surface area contributed by atoms with E-state index in [0.29, 0.717) is 29.6 Å². The minimum atomic E-state index is 0.236. The Kier molecular flexibility index (Phi) is 3.31. The molecule has 0 fully saturated rings. The second-order valence-electron chi connectivity index (χ2n) is 4.40. The van der Waals surface area contributed by atoms with Gasteiger partial charge in [-0.2, -0.15) is 5.10 Å². The Hall–Kier alpha value is -1.72. The first-order valence-corrected chi connectivity index (χ1v) is 6.37. The van der Waals surface area contributed by atoms with E-state index in [9.17, 15) is 0 Å². The molecule has 1 N–H and O–H groups in total. The first kappa shape index (κ1) is 12.3. The molecule has 0 unspecified atom stereocenters. The molecule has 1 aromatic heterocycles. The van der Waals surface area contributed by atoms with Crippen LogP contribution in [0.3, 0.4) is 0 Å². The number of aromatic nitrogens is 2. The van der Waals surface area contributed by atoms with Gasteiger partial charge in [0.25, 0.3) is 0 Å². The number of nitrogens with zero attached hydrogens (tertiary/aromatic N) is 2. The SMILES string of the molecule is Cn1ccc(CNCc2cc(Cl)c3c(c2)OCO3)n1. The van der Waals surface area contributed by atoms with Crippen LogP contribution in [0.5, 0.6) is 11.5 Å². The topological polar surface area (TPSA) is 48.3 Å². The van der Waals surface area contributed by atoms with Crippen LogP contribution < -0.4 is 14.8 Å². The molecular weight excluding hydrogens is 266 g/mol. The number of benzene rings is 1. The maximum atomic E-state index is 6.13.